The molecule has 0 heterocycles. The molecule has 0 amide bonds. The molecular weight excluding hydrogens is 196 g/mol. The molecule has 0 aromatic rings. The fourth-order valence-corrected chi connectivity index (χ4v) is 1.89. The predicted molar refractivity (Wildman–Crippen MR) is 62.4 cm³/mol. The zero-order valence-electron chi connectivity index (χ0n) is 9.12. The third-order valence-electron chi connectivity index (χ3n) is 1.80. The van der Waals surface area contributed by atoms with Gasteiger partial charge < -0.3 is 4.74 Å². The Morgan fingerprint density at radius 2 is 2.21 bits per heavy atom. The smallest absolute Gasteiger partial charge is 0.331 e. The Morgan fingerprint density at radius 3 is 2.79 bits per heavy atom. The first-order valence-electron chi connectivity index (χ1n) is 5.15. The van der Waals surface area contributed by atoms with Crippen LogP contribution in [0.4, 0.5) is 0 Å². The van der Waals surface area contributed by atoms with E-state index in [1.54, 1.807) is 11.8 Å². The Balaban J connectivity index is 3.30. The van der Waals surface area contributed by atoms with Gasteiger partial charge in [0.05, 0.1) is 0 Å². The van der Waals surface area contributed by atoms with Crippen LogP contribution in [0.25, 0.3) is 0 Å². The summed E-state index contributed by atoms with van der Waals surface area (Å²) in [5, 5.41) is 0. The van der Waals surface area contributed by atoms with Crippen LogP contribution in [-0.2, 0) is 9.53 Å². The van der Waals surface area contributed by atoms with E-state index in [9.17, 15) is 4.79 Å². The Morgan fingerprint density at radius 1 is 1.50 bits per heavy atom. The fourth-order valence-electron chi connectivity index (χ4n) is 1.02. The van der Waals surface area contributed by atoms with Crippen LogP contribution in [0.2, 0.25) is 0 Å². The quantitative estimate of drug-likeness (QED) is 0.269. The van der Waals surface area contributed by atoms with E-state index in [0.717, 1.165) is 5.75 Å². The molecule has 0 bridgehead atoms. The van der Waals surface area contributed by atoms with E-state index in [4.69, 9.17) is 4.74 Å². The van der Waals surface area contributed by atoms with Crippen LogP contribution in [0.1, 0.15) is 39.5 Å². The lowest BCUT2D eigenvalue weighted by atomic mass is 10.2. The molecule has 0 aliphatic rings. The highest BCUT2D eigenvalue weighted by molar-refractivity contribution is 7.99. The normalized spacial score (nSPS) is 12.1. The maximum absolute atomic E-state index is 10.8. The van der Waals surface area contributed by atoms with Crippen molar-refractivity contribution in [1.82, 2.24) is 0 Å². The zero-order valence-corrected chi connectivity index (χ0v) is 9.94. The highest BCUT2D eigenvalue weighted by Crippen LogP contribution is 2.15. The van der Waals surface area contributed by atoms with Crippen molar-refractivity contribution in [2.75, 3.05) is 5.75 Å². The van der Waals surface area contributed by atoms with Gasteiger partial charge in [0.1, 0.15) is 5.44 Å². The van der Waals surface area contributed by atoms with Crippen molar-refractivity contribution in [2.45, 2.75) is 45.0 Å². The van der Waals surface area contributed by atoms with Crippen LogP contribution in [0.3, 0.4) is 0 Å². The molecule has 82 valence electrons. The third-order valence-corrected chi connectivity index (χ3v) is 2.89. The average molecular weight is 216 g/mol. The van der Waals surface area contributed by atoms with Gasteiger partial charge in [-0.3, -0.25) is 0 Å². The molecule has 0 saturated heterocycles. The second-order valence-corrected chi connectivity index (χ2v) is 4.55. The fraction of sp³-hybridized carbons (Fsp3) is 0.727. The van der Waals surface area contributed by atoms with Gasteiger partial charge in [-0.2, -0.15) is 0 Å². The highest BCUT2D eigenvalue weighted by Gasteiger charge is 2.05. The molecule has 0 rings (SSSR count). The third kappa shape index (κ3) is 8.17. The van der Waals surface area contributed by atoms with Gasteiger partial charge in [0, 0.05) is 6.08 Å². The van der Waals surface area contributed by atoms with E-state index in [1.807, 2.05) is 6.92 Å². The molecule has 3 heteroatoms. The van der Waals surface area contributed by atoms with Crippen molar-refractivity contribution in [3.8, 4) is 0 Å². The maximum atomic E-state index is 10.8. The number of rotatable bonds is 8. The molecule has 0 fully saturated rings. The first kappa shape index (κ1) is 13.6. The molecule has 0 radical (unpaired) electrons. The molecule has 2 nitrogen and oxygen atoms in total. The largest absolute Gasteiger partial charge is 0.448 e. The Kier molecular flexibility index (Phi) is 8.84. The van der Waals surface area contributed by atoms with E-state index in [2.05, 4.69) is 13.5 Å². The van der Waals surface area contributed by atoms with Crippen LogP contribution in [0, 0.1) is 0 Å². The lowest BCUT2D eigenvalue weighted by Gasteiger charge is -2.10. The maximum Gasteiger partial charge on any atom is 0.331 e. The van der Waals surface area contributed by atoms with E-state index in [-0.39, 0.29) is 11.4 Å². The molecule has 1 atom stereocenters. The van der Waals surface area contributed by atoms with Crippen molar-refractivity contribution in [2.24, 2.45) is 0 Å². The Labute approximate surface area is 91.1 Å². The van der Waals surface area contributed by atoms with E-state index in [0.29, 0.717) is 0 Å². The zero-order chi connectivity index (χ0) is 10.8. The number of carbonyl (C=O) groups is 1. The highest BCUT2D eigenvalue weighted by atomic mass is 32.2. The predicted octanol–water partition coefficient (Wildman–Crippen LogP) is 3.38. The summed E-state index contributed by atoms with van der Waals surface area (Å²) in [4.78, 5) is 10.8. The summed E-state index contributed by atoms with van der Waals surface area (Å²) in [6.45, 7) is 7.44. The molecule has 0 saturated carbocycles. The first-order chi connectivity index (χ1) is 6.70. The minimum Gasteiger partial charge on any atom is -0.448 e. The second kappa shape index (κ2) is 9.13. The number of hydrogen-bond donors (Lipinski definition) is 0. The van der Waals surface area contributed by atoms with Crippen LogP contribution in [0.5, 0.6) is 0 Å². The molecule has 0 aromatic heterocycles. The average Bonchev–Trinajstić information content (AvgIpc) is 2.17. The Hall–Kier alpha value is -0.440. The lowest BCUT2D eigenvalue weighted by Crippen LogP contribution is -2.09. The van der Waals surface area contributed by atoms with Crippen LogP contribution < -0.4 is 0 Å². The topological polar surface area (TPSA) is 26.3 Å². The van der Waals surface area contributed by atoms with Gasteiger partial charge in [0.15, 0.2) is 0 Å². The van der Waals surface area contributed by atoms with E-state index < -0.39 is 0 Å². The molecule has 0 aliphatic carbocycles. The Bertz CT molecular complexity index is 169. The van der Waals surface area contributed by atoms with Gasteiger partial charge in [0.2, 0.25) is 0 Å². The number of hydrogen-bond acceptors (Lipinski definition) is 3. The van der Waals surface area contributed by atoms with Crippen LogP contribution >= 0.6 is 11.8 Å². The van der Waals surface area contributed by atoms with Gasteiger partial charge >= 0.3 is 5.97 Å². The second-order valence-electron chi connectivity index (χ2n) is 3.14. The molecule has 0 aliphatic heterocycles. The summed E-state index contributed by atoms with van der Waals surface area (Å²) in [6.07, 6.45) is 6.22. The summed E-state index contributed by atoms with van der Waals surface area (Å²) >= 11 is 1.68. The van der Waals surface area contributed by atoms with Crippen molar-refractivity contribution < 1.29 is 9.53 Å². The van der Waals surface area contributed by atoms with Gasteiger partial charge in [-0.25, -0.2) is 4.79 Å². The number of esters is 1. The summed E-state index contributed by atoms with van der Waals surface area (Å²) in [6, 6.07) is 0. The standard InChI is InChI=1S/C11H20O2S/c1-4-6-7-8-9-14-10(3)13-11(12)5-2/h5,10H,2,4,6-9H2,1,3H3. The minimum absolute atomic E-state index is 0.0536. The summed E-state index contributed by atoms with van der Waals surface area (Å²) in [7, 11) is 0. The van der Waals surface area contributed by atoms with Crippen LogP contribution in [0.15, 0.2) is 12.7 Å². The first-order valence-corrected chi connectivity index (χ1v) is 6.20. The molecule has 1 unspecified atom stereocenters. The van der Waals surface area contributed by atoms with Gasteiger partial charge in [-0.05, 0) is 19.1 Å². The SMILES string of the molecule is C=CC(=O)OC(C)SCCCCCC. The number of ether oxygens (including phenoxy) is 1. The monoisotopic (exact) mass is 216 g/mol. The van der Waals surface area contributed by atoms with Gasteiger partial charge in [-0.1, -0.05) is 32.8 Å². The summed E-state index contributed by atoms with van der Waals surface area (Å²) in [5.74, 6) is 0.726. The summed E-state index contributed by atoms with van der Waals surface area (Å²) < 4.78 is 5.01. The van der Waals surface area contributed by atoms with Crippen molar-refractivity contribution >= 4 is 17.7 Å². The molecule has 0 spiro atoms. The lowest BCUT2D eigenvalue weighted by molar-refractivity contribution is -0.138. The molecule has 0 aromatic carbocycles. The minimum atomic E-state index is -0.335. The van der Waals surface area contributed by atoms with Crippen molar-refractivity contribution in [3.05, 3.63) is 12.7 Å². The van der Waals surface area contributed by atoms with E-state index in [1.165, 1.54) is 31.8 Å². The van der Waals surface area contributed by atoms with Gasteiger partial charge in [0.25, 0.3) is 0 Å². The molecule has 14 heavy (non-hydrogen) atoms. The number of unbranched alkanes of at least 4 members (excludes halogenated alkanes) is 3. The number of carbonyl (C=O) groups excluding carboxylic acids is 1. The molecular formula is C11H20O2S. The van der Waals surface area contributed by atoms with Crippen molar-refractivity contribution in [3.63, 3.8) is 0 Å². The van der Waals surface area contributed by atoms with Crippen LogP contribution in [-0.4, -0.2) is 17.2 Å². The summed E-state index contributed by atoms with van der Waals surface area (Å²) in [5.41, 5.74) is -0.0536. The van der Waals surface area contributed by atoms with E-state index >= 15 is 0 Å². The van der Waals surface area contributed by atoms with Gasteiger partial charge in [-0.15, -0.1) is 11.8 Å². The molecule has 0 N–H and O–H groups in total. The number of thioether (sulfide) groups is 1. The van der Waals surface area contributed by atoms with Crippen molar-refractivity contribution in [1.29, 1.82) is 0 Å².